The quantitative estimate of drug-likeness (QED) is 0.595. The second kappa shape index (κ2) is 9.18. The average molecular weight is 472 g/mol. The van der Waals surface area contributed by atoms with E-state index >= 15 is 0 Å². The number of sulfone groups is 1. The van der Waals surface area contributed by atoms with E-state index in [4.69, 9.17) is 5.73 Å². The van der Waals surface area contributed by atoms with Crippen LogP contribution in [0.3, 0.4) is 0 Å². The van der Waals surface area contributed by atoms with E-state index in [1.807, 2.05) is 6.07 Å². The van der Waals surface area contributed by atoms with Crippen LogP contribution in [0.5, 0.6) is 0 Å². The van der Waals surface area contributed by atoms with Gasteiger partial charge in [0.25, 0.3) is 11.8 Å². The minimum atomic E-state index is -3.75. The molecule has 0 bridgehead atoms. The van der Waals surface area contributed by atoms with Gasteiger partial charge in [-0.3, -0.25) is 9.59 Å². The summed E-state index contributed by atoms with van der Waals surface area (Å²) in [6, 6.07) is 10.4. The van der Waals surface area contributed by atoms with Gasteiger partial charge >= 0.3 is 0 Å². The Bertz CT molecular complexity index is 1150. The van der Waals surface area contributed by atoms with E-state index in [2.05, 4.69) is 39.1 Å². The standard InChI is InChI=1S/C23H29N5O4S/c1-15-19(20(21(24)29)26-23(25-15)33(2,31)32)22(30)28-13-17-11-27(12-18(17)14-28)10-6-9-16-7-4-3-5-8-16/h3-5,7-8,17-18H,6,9-14H2,1-2H3,(H2,24,29)/t17-,18?/m0/s1. The third-order valence-electron chi connectivity index (χ3n) is 6.48. The number of primary amides is 1. The van der Waals surface area contributed by atoms with Gasteiger partial charge in [0, 0.05) is 32.4 Å². The molecule has 2 aromatic rings. The lowest BCUT2D eigenvalue weighted by Gasteiger charge is -2.22. The van der Waals surface area contributed by atoms with Crippen molar-refractivity contribution in [2.24, 2.45) is 17.6 Å². The first-order valence-electron chi connectivity index (χ1n) is 11.1. The molecule has 2 N–H and O–H groups in total. The number of carbonyl (C=O) groups is 2. The first-order valence-corrected chi connectivity index (χ1v) is 13.0. The van der Waals surface area contributed by atoms with Crippen molar-refractivity contribution in [2.45, 2.75) is 24.9 Å². The zero-order valence-corrected chi connectivity index (χ0v) is 19.7. The van der Waals surface area contributed by atoms with Crippen LogP contribution in [0, 0.1) is 18.8 Å². The number of rotatable bonds is 7. The predicted molar refractivity (Wildman–Crippen MR) is 122 cm³/mol. The Morgan fingerprint density at radius 3 is 2.27 bits per heavy atom. The first kappa shape index (κ1) is 23.3. The molecule has 2 saturated heterocycles. The summed E-state index contributed by atoms with van der Waals surface area (Å²) in [5.74, 6) is -0.567. The van der Waals surface area contributed by atoms with Crippen molar-refractivity contribution in [1.82, 2.24) is 19.8 Å². The molecular weight excluding hydrogens is 442 g/mol. The minimum Gasteiger partial charge on any atom is -0.364 e. The number of amides is 2. The summed E-state index contributed by atoms with van der Waals surface area (Å²) in [5, 5.41) is -0.505. The maximum absolute atomic E-state index is 13.3. The Hall–Kier alpha value is -2.85. The molecule has 4 rings (SSSR count). The number of hydrogen-bond donors (Lipinski definition) is 1. The van der Waals surface area contributed by atoms with E-state index in [1.54, 1.807) is 4.90 Å². The highest BCUT2D eigenvalue weighted by Crippen LogP contribution is 2.32. The number of hydrogen-bond acceptors (Lipinski definition) is 7. The van der Waals surface area contributed by atoms with Gasteiger partial charge in [-0.05, 0) is 43.7 Å². The monoisotopic (exact) mass is 471 g/mol. The molecule has 1 aromatic carbocycles. The third-order valence-corrected chi connectivity index (χ3v) is 7.33. The number of nitrogens with two attached hydrogens (primary N) is 1. The highest BCUT2D eigenvalue weighted by Gasteiger charge is 2.42. The lowest BCUT2D eigenvalue weighted by Crippen LogP contribution is -2.36. The fourth-order valence-corrected chi connectivity index (χ4v) is 5.46. The number of aryl methyl sites for hydroxylation is 2. The molecule has 9 nitrogen and oxygen atoms in total. The Labute approximate surface area is 193 Å². The van der Waals surface area contributed by atoms with Crippen molar-refractivity contribution in [3.8, 4) is 0 Å². The SMILES string of the molecule is Cc1nc(S(C)(=O)=O)nc(C(N)=O)c1C(=O)N1CC2CN(CCCc3ccccc3)C[C@H]2C1. The van der Waals surface area contributed by atoms with E-state index < -0.39 is 20.9 Å². The van der Waals surface area contributed by atoms with E-state index in [9.17, 15) is 18.0 Å². The van der Waals surface area contributed by atoms with Crippen LogP contribution in [-0.2, 0) is 16.3 Å². The van der Waals surface area contributed by atoms with Gasteiger partial charge in [-0.1, -0.05) is 30.3 Å². The van der Waals surface area contributed by atoms with Crippen molar-refractivity contribution in [3.05, 3.63) is 52.8 Å². The normalized spacial score (nSPS) is 20.7. The van der Waals surface area contributed by atoms with Crippen LogP contribution in [0.1, 0.15) is 38.5 Å². The number of fused-ring (bicyclic) bond motifs is 1. The molecule has 2 aliphatic heterocycles. The Kier molecular flexibility index (Phi) is 6.49. The molecule has 1 unspecified atom stereocenters. The molecular formula is C23H29N5O4S. The summed E-state index contributed by atoms with van der Waals surface area (Å²) in [5.41, 5.74) is 6.57. The molecule has 0 saturated carbocycles. The summed E-state index contributed by atoms with van der Waals surface area (Å²) in [6.07, 6.45) is 3.09. The van der Waals surface area contributed by atoms with Crippen molar-refractivity contribution in [2.75, 3.05) is 39.0 Å². The van der Waals surface area contributed by atoms with Crippen LogP contribution in [0.4, 0.5) is 0 Å². The number of aromatic nitrogens is 2. The van der Waals surface area contributed by atoms with Gasteiger partial charge in [0.2, 0.25) is 15.0 Å². The smallest absolute Gasteiger partial charge is 0.268 e. The van der Waals surface area contributed by atoms with Gasteiger partial charge in [0.15, 0.2) is 0 Å². The Morgan fingerprint density at radius 2 is 1.70 bits per heavy atom. The number of nitrogens with zero attached hydrogens (tertiary/aromatic N) is 4. The lowest BCUT2D eigenvalue weighted by atomic mass is 10.0. The van der Waals surface area contributed by atoms with Crippen LogP contribution in [0.15, 0.2) is 35.5 Å². The molecule has 2 atom stereocenters. The van der Waals surface area contributed by atoms with Gasteiger partial charge < -0.3 is 15.5 Å². The topological polar surface area (TPSA) is 127 Å². The minimum absolute atomic E-state index is 0.00501. The number of carbonyl (C=O) groups excluding carboxylic acids is 2. The highest BCUT2D eigenvalue weighted by molar-refractivity contribution is 7.90. The first-order chi connectivity index (χ1) is 15.6. The molecule has 2 aliphatic rings. The number of benzene rings is 1. The van der Waals surface area contributed by atoms with Gasteiger partial charge in [-0.2, -0.15) is 0 Å². The maximum Gasteiger partial charge on any atom is 0.268 e. The second-order valence-electron chi connectivity index (χ2n) is 9.03. The van der Waals surface area contributed by atoms with Gasteiger partial charge in [-0.15, -0.1) is 0 Å². The van der Waals surface area contributed by atoms with Crippen LogP contribution in [0.2, 0.25) is 0 Å². The lowest BCUT2D eigenvalue weighted by molar-refractivity contribution is 0.0765. The van der Waals surface area contributed by atoms with Gasteiger partial charge in [-0.25, -0.2) is 18.4 Å². The average Bonchev–Trinajstić information content (AvgIpc) is 3.31. The molecule has 3 heterocycles. The van der Waals surface area contributed by atoms with Crippen LogP contribution in [0.25, 0.3) is 0 Å². The van der Waals surface area contributed by atoms with Gasteiger partial charge in [0.1, 0.15) is 5.69 Å². The summed E-state index contributed by atoms with van der Waals surface area (Å²) in [7, 11) is -3.75. The summed E-state index contributed by atoms with van der Waals surface area (Å²) in [4.78, 5) is 37.2. The van der Waals surface area contributed by atoms with Crippen molar-refractivity contribution >= 4 is 21.7 Å². The molecule has 10 heteroatoms. The van der Waals surface area contributed by atoms with Gasteiger partial charge in [0.05, 0.1) is 11.3 Å². The predicted octanol–water partition coefficient (Wildman–Crippen LogP) is 0.924. The molecule has 2 fully saturated rings. The molecule has 0 radical (unpaired) electrons. The summed E-state index contributed by atoms with van der Waals surface area (Å²) < 4.78 is 23.7. The zero-order valence-electron chi connectivity index (χ0n) is 18.9. The second-order valence-corrected chi connectivity index (χ2v) is 10.9. The molecule has 2 amide bonds. The van der Waals surface area contributed by atoms with E-state index in [0.29, 0.717) is 24.9 Å². The van der Waals surface area contributed by atoms with Crippen molar-refractivity contribution in [3.63, 3.8) is 0 Å². The van der Waals surface area contributed by atoms with E-state index in [0.717, 1.165) is 38.7 Å². The van der Waals surface area contributed by atoms with E-state index in [1.165, 1.54) is 12.5 Å². The fraction of sp³-hybridized carbons (Fsp3) is 0.478. The summed E-state index contributed by atoms with van der Waals surface area (Å²) in [6.45, 7) is 5.58. The molecule has 33 heavy (non-hydrogen) atoms. The Balaban J connectivity index is 1.40. The Morgan fingerprint density at radius 1 is 1.06 bits per heavy atom. The van der Waals surface area contributed by atoms with Crippen LogP contribution in [-0.4, -0.2) is 79.0 Å². The zero-order chi connectivity index (χ0) is 23.8. The highest BCUT2D eigenvalue weighted by atomic mass is 32.2. The van der Waals surface area contributed by atoms with Crippen molar-refractivity contribution in [1.29, 1.82) is 0 Å². The number of likely N-dealkylation sites (tertiary alicyclic amines) is 2. The fourth-order valence-electron chi connectivity index (χ4n) is 4.90. The molecule has 0 spiro atoms. The largest absolute Gasteiger partial charge is 0.364 e. The molecule has 1 aromatic heterocycles. The van der Waals surface area contributed by atoms with E-state index in [-0.39, 0.29) is 22.9 Å². The summed E-state index contributed by atoms with van der Waals surface area (Å²) >= 11 is 0. The molecule has 176 valence electrons. The maximum atomic E-state index is 13.3. The van der Waals surface area contributed by atoms with Crippen LogP contribution < -0.4 is 5.73 Å². The third kappa shape index (κ3) is 5.06. The van der Waals surface area contributed by atoms with Crippen molar-refractivity contribution < 1.29 is 18.0 Å². The van der Waals surface area contributed by atoms with Crippen LogP contribution >= 0.6 is 0 Å². The molecule has 0 aliphatic carbocycles.